The molecule has 0 saturated heterocycles. The maximum Gasteiger partial charge on any atom is 0.168 e. The molecule has 0 spiro atoms. The number of nitrogens with two attached hydrogens (primary N) is 1. The van der Waals surface area contributed by atoms with E-state index in [1.807, 2.05) is 13.8 Å². The summed E-state index contributed by atoms with van der Waals surface area (Å²) in [7, 11) is 0. The van der Waals surface area contributed by atoms with Gasteiger partial charge in [-0.2, -0.15) is 5.10 Å². The van der Waals surface area contributed by atoms with Crippen LogP contribution < -0.4 is 5.73 Å². The van der Waals surface area contributed by atoms with E-state index in [-0.39, 0.29) is 0 Å². The fourth-order valence-electron chi connectivity index (χ4n) is 1.29. The van der Waals surface area contributed by atoms with Crippen molar-refractivity contribution in [3.63, 3.8) is 0 Å². The number of rotatable bonds is 1. The van der Waals surface area contributed by atoms with E-state index in [1.54, 1.807) is 17.1 Å². The molecule has 6 heteroatoms. The summed E-state index contributed by atoms with van der Waals surface area (Å²) in [6, 6.07) is 0. The second-order valence-electron chi connectivity index (χ2n) is 3.48. The largest absolute Gasteiger partial charge is 0.397 e. The number of pyridine rings is 1. The van der Waals surface area contributed by atoms with Crippen molar-refractivity contribution in [2.75, 3.05) is 5.73 Å². The first-order valence-electron chi connectivity index (χ1n) is 4.63. The maximum absolute atomic E-state index is 5.95. The zero-order chi connectivity index (χ0) is 11.9. The van der Waals surface area contributed by atoms with Crippen molar-refractivity contribution in [1.82, 2.24) is 14.8 Å². The number of aromatic nitrogens is 3. The fourth-order valence-corrected chi connectivity index (χ4v) is 1.93. The highest BCUT2D eigenvalue weighted by Gasteiger charge is 2.11. The van der Waals surface area contributed by atoms with Crippen molar-refractivity contribution in [1.29, 1.82) is 0 Å². The first-order valence-corrected chi connectivity index (χ1v) is 5.80. The molecule has 84 valence electrons. The first kappa shape index (κ1) is 11.4. The highest BCUT2D eigenvalue weighted by atomic mass is 79.9. The maximum atomic E-state index is 5.95. The number of nitrogens with zero attached hydrogens (tertiary/aromatic N) is 3. The molecule has 2 N–H and O–H groups in total. The van der Waals surface area contributed by atoms with Gasteiger partial charge in [0.25, 0.3) is 0 Å². The fraction of sp³-hybridized carbons (Fsp3) is 0.200. The molecule has 2 aromatic rings. The lowest BCUT2D eigenvalue weighted by Crippen LogP contribution is -2.03. The number of hydrogen-bond donors (Lipinski definition) is 1. The molecule has 0 saturated carbocycles. The smallest absolute Gasteiger partial charge is 0.168 e. The van der Waals surface area contributed by atoms with Gasteiger partial charge in [-0.1, -0.05) is 11.6 Å². The Labute approximate surface area is 107 Å². The Morgan fingerprint density at radius 3 is 2.69 bits per heavy atom. The lowest BCUT2D eigenvalue weighted by molar-refractivity contribution is 0.826. The summed E-state index contributed by atoms with van der Waals surface area (Å²) >= 11 is 9.41. The van der Waals surface area contributed by atoms with Crippen LogP contribution in [0.4, 0.5) is 5.69 Å². The summed E-state index contributed by atoms with van der Waals surface area (Å²) in [5.74, 6) is 0.682. The van der Waals surface area contributed by atoms with Gasteiger partial charge in [-0.25, -0.2) is 9.67 Å². The molecule has 2 aromatic heterocycles. The molecule has 0 aromatic carbocycles. The molecule has 2 heterocycles. The van der Waals surface area contributed by atoms with Gasteiger partial charge in [-0.05, 0) is 35.3 Å². The van der Waals surface area contributed by atoms with Crippen LogP contribution in [0, 0.1) is 13.8 Å². The lowest BCUT2D eigenvalue weighted by atomic mass is 10.2. The molecule has 0 fully saturated rings. The third-order valence-corrected chi connectivity index (χ3v) is 3.66. The molecular formula is C10H10BrClN4. The van der Waals surface area contributed by atoms with Crippen LogP contribution in [0.15, 0.2) is 16.9 Å². The molecule has 0 amide bonds. The molecule has 0 radical (unpaired) electrons. The second-order valence-corrected chi connectivity index (χ2v) is 4.68. The standard InChI is InChI=1S/C10H10BrClN4/c1-5-8(13)3-14-10(9(5)11)16-4-7(12)6(2)15-16/h3-4H,13H2,1-2H3. The Morgan fingerprint density at radius 1 is 1.44 bits per heavy atom. The van der Waals surface area contributed by atoms with Gasteiger partial charge in [0, 0.05) is 0 Å². The van der Waals surface area contributed by atoms with Crippen LogP contribution in [0.25, 0.3) is 5.82 Å². The van der Waals surface area contributed by atoms with Gasteiger partial charge >= 0.3 is 0 Å². The zero-order valence-corrected chi connectivity index (χ0v) is 11.2. The summed E-state index contributed by atoms with van der Waals surface area (Å²) in [4.78, 5) is 4.23. The van der Waals surface area contributed by atoms with Gasteiger partial charge in [-0.15, -0.1) is 0 Å². The van der Waals surface area contributed by atoms with Crippen LogP contribution >= 0.6 is 27.5 Å². The first-order chi connectivity index (χ1) is 7.50. The lowest BCUT2D eigenvalue weighted by Gasteiger charge is -2.07. The summed E-state index contributed by atoms with van der Waals surface area (Å²) in [5.41, 5.74) is 8.11. The topological polar surface area (TPSA) is 56.7 Å². The summed E-state index contributed by atoms with van der Waals surface area (Å²) in [5, 5.41) is 4.88. The Balaban J connectivity index is 2.61. The van der Waals surface area contributed by atoms with Gasteiger partial charge in [0.15, 0.2) is 5.82 Å². The molecule has 2 rings (SSSR count). The van der Waals surface area contributed by atoms with Crippen molar-refractivity contribution >= 4 is 33.2 Å². The molecule has 0 unspecified atom stereocenters. The van der Waals surface area contributed by atoms with Crippen LogP contribution in [-0.2, 0) is 0 Å². The molecule has 16 heavy (non-hydrogen) atoms. The van der Waals surface area contributed by atoms with Crippen molar-refractivity contribution < 1.29 is 0 Å². The zero-order valence-electron chi connectivity index (χ0n) is 8.83. The van der Waals surface area contributed by atoms with E-state index in [9.17, 15) is 0 Å². The van der Waals surface area contributed by atoms with Crippen LogP contribution in [0.3, 0.4) is 0 Å². The summed E-state index contributed by atoms with van der Waals surface area (Å²) in [6.07, 6.45) is 3.33. The molecular weight excluding hydrogens is 291 g/mol. The van der Waals surface area contributed by atoms with Crippen molar-refractivity contribution in [2.24, 2.45) is 0 Å². The summed E-state index contributed by atoms with van der Waals surface area (Å²) in [6.45, 7) is 3.76. The van der Waals surface area contributed by atoms with E-state index < -0.39 is 0 Å². The van der Waals surface area contributed by atoms with Gasteiger partial charge < -0.3 is 5.73 Å². The second kappa shape index (κ2) is 4.07. The molecule has 0 aliphatic rings. The highest BCUT2D eigenvalue weighted by Crippen LogP contribution is 2.27. The van der Waals surface area contributed by atoms with Crippen LogP contribution in [0.2, 0.25) is 5.02 Å². The van der Waals surface area contributed by atoms with E-state index in [2.05, 4.69) is 26.0 Å². The van der Waals surface area contributed by atoms with Gasteiger partial charge in [0.2, 0.25) is 0 Å². The molecule has 0 bridgehead atoms. The van der Waals surface area contributed by atoms with Crippen molar-refractivity contribution in [2.45, 2.75) is 13.8 Å². The van der Waals surface area contributed by atoms with Crippen LogP contribution in [-0.4, -0.2) is 14.8 Å². The molecule has 4 nitrogen and oxygen atoms in total. The predicted molar refractivity (Wildman–Crippen MR) is 68.0 cm³/mol. The van der Waals surface area contributed by atoms with E-state index in [4.69, 9.17) is 17.3 Å². The summed E-state index contributed by atoms with van der Waals surface area (Å²) < 4.78 is 2.46. The van der Waals surface area contributed by atoms with Crippen molar-refractivity contribution in [3.8, 4) is 5.82 Å². The highest BCUT2D eigenvalue weighted by molar-refractivity contribution is 9.10. The average molecular weight is 302 g/mol. The predicted octanol–water partition coefficient (Wildman–Crippen LogP) is 2.88. The number of nitrogen functional groups attached to an aromatic ring is 1. The SMILES string of the molecule is Cc1nn(-c2ncc(N)c(C)c2Br)cc1Cl. The third kappa shape index (κ3) is 1.81. The van der Waals surface area contributed by atoms with Crippen LogP contribution in [0.1, 0.15) is 11.3 Å². The third-order valence-electron chi connectivity index (χ3n) is 2.34. The van der Waals surface area contributed by atoms with Gasteiger partial charge in [-0.3, -0.25) is 0 Å². The quantitative estimate of drug-likeness (QED) is 0.881. The number of halogens is 2. The van der Waals surface area contributed by atoms with Gasteiger partial charge in [0.1, 0.15) is 0 Å². The number of hydrogen-bond acceptors (Lipinski definition) is 3. The Bertz CT molecular complexity index is 530. The number of aryl methyl sites for hydroxylation is 1. The van der Waals surface area contributed by atoms with Crippen molar-refractivity contribution in [3.05, 3.63) is 33.1 Å². The van der Waals surface area contributed by atoms with Crippen LogP contribution in [0.5, 0.6) is 0 Å². The monoisotopic (exact) mass is 300 g/mol. The van der Waals surface area contributed by atoms with E-state index in [0.29, 0.717) is 16.5 Å². The molecule has 0 atom stereocenters. The van der Waals surface area contributed by atoms with E-state index in [0.717, 1.165) is 15.7 Å². The Hall–Kier alpha value is -1.07. The average Bonchev–Trinajstić information content (AvgIpc) is 2.56. The van der Waals surface area contributed by atoms with Gasteiger partial charge in [0.05, 0.1) is 33.3 Å². The Kier molecular flexibility index (Phi) is 2.90. The minimum absolute atomic E-state index is 0.614. The van der Waals surface area contributed by atoms with E-state index >= 15 is 0 Å². The minimum atomic E-state index is 0.614. The van der Waals surface area contributed by atoms with E-state index in [1.165, 1.54) is 0 Å². The number of anilines is 1. The molecule has 0 aliphatic carbocycles. The minimum Gasteiger partial charge on any atom is -0.397 e. The normalized spacial score (nSPS) is 10.8. The molecule has 0 aliphatic heterocycles. The Morgan fingerprint density at radius 2 is 2.12 bits per heavy atom.